The van der Waals surface area contributed by atoms with E-state index in [0.29, 0.717) is 12.2 Å². The summed E-state index contributed by atoms with van der Waals surface area (Å²) in [4.78, 5) is 14.1. The van der Waals surface area contributed by atoms with Gasteiger partial charge < -0.3 is 10.2 Å². The molecule has 1 aliphatic heterocycles. The summed E-state index contributed by atoms with van der Waals surface area (Å²) in [5.74, 6) is -0.210. The molecule has 1 saturated heterocycles. The summed E-state index contributed by atoms with van der Waals surface area (Å²) in [6, 6.07) is 5.24. The van der Waals surface area contributed by atoms with E-state index in [1.807, 2.05) is 37.8 Å². The molecule has 1 atom stereocenters. The number of benzene rings is 1. The molecule has 1 fully saturated rings. The van der Waals surface area contributed by atoms with Crippen LogP contribution in [0, 0.1) is 12.7 Å². The van der Waals surface area contributed by atoms with E-state index in [2.05, 4.69) is 5.32 Å². The second-order valence-corrected chi connectivity index (χ2v) is 6.01. The number of halogens is 1. The van der Waals surface area contributed by atoms with Gasteiger partial charge in [-0.15, -0.1) is 0 Å². The third-order valence-corrected chi connectivity index (χ3v) is 4.07. The molecule has 120 valence electrons. The molecule has 0 spiro atoms. The lowest BCUT2D eigenvalue weighted by Crippen LogP contribution is -2.48. The zero-order valence-electron chi connectivity index (χ0n) is 13.7. The van der Waals surface area contributed by atoms with Crippen LogP contribution in [0.4, 0.5) is 10.1 Å². The van der Waals surface area contributed by atoms with Crippen LogP contribution in [-0.4, -0.2) is 25.0 Å². The lowest BCUT2D eigenvalue weighted by molar-refractivity contribution is -0.118. The fraction of sp³-hybridized carbons (Fsp3) is 0.500. The van der Waals surface area contributed by atoms with Gasteiger partial charge >= 0.3 is 0 Å². The quantitative estimate of drug-likeness (QED) is 0.862. The first-order valence-corrected chi connectivity index (χ1v) is 8.00. The molecular weight excluding hydrogens is 279 g/mol. The van der Waals surface area contributed by atoms with Crippen molar-refractivity contribution in [3.8, 4) is 0 Å². The van der Waals surface area contributed by atoms with E-state index >= 15 is 0 Å². The number of allylic oxidation sites excluding steroid dienone is 1. The molecule has 22 heavy (non-hydrogen) atoms. The van der Waals surface area contributed by atoms with Gasteiger partial charge in [0.2, 0.25) is 5.91 Å². The molecule has 2 rings (SSSR count). The van der Waals surface area contributed by atoms with Crippen molar-refractivity contribution in [3.63, 3.8) is 0 Å². The van der Waals surface area contributed by atoms with Gasteiger partial charge in [0.1, 0.15) is 5.82 Å². The second-order valence-electron chi connectivity index (χ2n) is 6.01. The van der Waals surface area contributed by atoms with Gasteiger partial charge in [0.25, 0.3) is 0 Å². The first-order chi connectivity index (χ1) is 10.5. The van der Waals surface area contributed by atoms with E-state index in [1.165, 1.54) is 6.07 Å². The number of hydrogen-bond acceptors (Lipinski definition) is 2. The number of rotatable bonds is 4. The number of carbonyl (C=O) groups excluding carboxylic acids is 1. The Labute approximate surface area is 132 Å². The van der Waals surface area contributed by atoms with E-state index in [4.69, 9.17) is 0 Å². The van der Waals surface area contributed by atoms with Crippen molar-refractivity contribution in [2.45, 2.75) is 46.1 Å². The van der Waals surface area contributed by atoms with Gasteiger partial charge in [0.15, 0.2) is 0 Å². The summed E-state index contributed by atoms with van der Waals surface area (Å²) in [5.41, 5.74) is 2.44. The molecule has 1 aromatic carbocycles. The van der Waals surface area contributed by atoms with Crippen molar-refractivity contribution < 1.29 is 9.18 Å². The van der Waals surface area contributed by atoms with Gasteiger partial charge in [-0.05, 0) is 50.8 Å². The minimum atomic E-state index is -0.195. The Morgan fingerprint density at radius 1 is 1.50 bits per heavy atom. The number of aryl methyl sites for hydroxylation is 1. The van der Waals surface area contributed by atoms with Crippen LogP contribution in [0.5, 0.6) is 0 Å². The Morgan fingerprint density at radius 2 is 2.27 bits per heavy atom. The third-order valence-electron chi connectivity index (χ3n) is 4.07. The Hall–Kier alpha value is -1.84. The smallest absolute Gasteiger partial charge is 0.246 e. The minimum absolute atomic E-state index is 0.0154. The molecular formula is C18H25FN2O. The monoisotopic (exact) mass is 304 g/mol. The van der Waals surface area contributed by atoms with Gasteiger partial charge in [0, 0.05) is 24.7 Å². The molecule has 0 aromatic heterocycles. The SMILES string of the molecule is CC/C=C(/C)C(=O)NC1CCCN(c2cc(C)ccc2F)C1. The Morgan fingerprint density at radius 3 is 3.00 bits per heavy atom. The number of anilines is 1. The highest BCUT2D eigenvalue weighted by atomic mass is 19.1. The highest BCUT2D eigenvalue weighted by Crippen LogP contribution is 2.24. The van der Waals surface area contributed by atoms with Crippen LogP contribution in [-0.2, 0) is 4.79 Å². The number of carbonyl (C=O) groups is 1. The minimum Gasteiger partial charge on any atom is -0.367 e. The maximum Gasteiger partial charge on any atom is 0.246 e. The summed E-state index contributed by atoms with van der Waals surface area (Å²) in [7, 11) is 0. The Bertz CT molecular complexity index is 568. The second kappa shape index (κ2) is 7.43. The molecule has 1 aliphatic rings. The van der Waals surface area contributed by atoms with E-state index in [0.717, 1.165) is 36.9 Å². The maximum atomic E-state index is 14.0. The summed E-state index contributed by atoms with van der Waals surface area (Å²) in [5, 5.41) is 3.07. The van der Waals surface area contributed by atoms with Gasteiger partial charge in [-0.25, -0.2) is 4.39 Å². The fourth-order valence-corrected chi connectivity index (χ4v) is 2.88. The summed E-state index contributed by atoms with van der Waals surface area (Å²) in [6.45, 7) is 7.30. The van der Waals surface area contributed by atoms with Gasteiger partial charge in [0.05, 0.1) is 5.69 Å². The highest BCUT2D eigenvalue weighted by Gasteiger charge is 2.23. The van der Waals surface area contributed by atoms with Crippen molar-refractivity contribution in [2.75, 3.05) is 18.0 Å². The lowest BCUT2D eigenvalue weighted by atomic mass is 10.0. The van der Waals surface area contributed by atoms with Crippen molar-refractivity contribution in [2.24, 2.45) is 0 Å². The molecule has 1 N–H and O–H groups in total. The van der Waals surface area contributed by atoms with Gasteiger partial charge in [-0.1, -0.05) is 19.1 Å². The van der Waals surface area contributed by atoms with Crippen LogP contribution in [0.25, 0.3) is 0 Å². The zero-order valence-corrected chi connectivity index (χ0v) is 13.7. The summed E-state index contributed by atoms with van der Waals surface area (Å²) < 4.78 is 14.0. The van der Waals surface area contributed by atoms with E-state index < -0.39 is 0 Å². The predicted octanol–water partition coefficient (Wildman–Crippen LogP) is 3.58. The molecule has 0 bridgehead atoms. The molecule has 0 radical (unpaired) electrons. The van der Waals surface area contributed by atoms with Crippen LogP contribution in [0.1, 0.15) is 38.7 Å². The molecule has 1 aromatic rings. The Kier molecular flexibility index (Phi) is 5.58. The average molecular weight is 304 g/mol. The molecule has 0 saturated carbocycles. The molecule has 4 heteroatoms. The standard InChI is InChI=1S/C18H25FN2O/c1-4-6-14(3)18(22)20-15-7-5-10-21(12-15)17-11-13(2)8-9-16(17)19/h6,8-9,11,15H,4-5,7,10,12H2,1-3H3,(H,20,22)/b14-6-. The Balaban J connectivity index is 2.04. The molecule has 0 aliphatic carbocycles. The molecule has 3 nitrogen and oxygen atoms in total. The van der Waals surface area contributed by atoms with Crippen LogP contribution >= 0.6 is 0 Å². The summed E-state index contributed by atoms with van der Waals surface area (Å²) >= 11 is 0. The van der Waals surface area contributed by atoms with E-state index in [1.54, 1.807) is 6.07 Å². The topological polar surface area (TPSA) is 32.3 Å². The number of amides is 1. The fourth-order valence-electron chi connectivity index (χ4n) is 2.88. The van der Waals surface area contributed by atoms with Crippen LogP contribution in [0.2, 0.25) is 0 Å². The van der Waals surface area contributed by atoms with Crippen molar-refractivity contribution in [1.82, 2.24) is 5.32 Å². The van der Waals surface area contributed by atoms with E-state index in [9.17, 15) is 9.18 Å². The van der Waals surface area contributed by atoms with Crippen LogP contribution < -0.4 is 10.2 Å². The first-order valence-electron chi connectivity index (χ1n) is 8.00. The maximum absolute atomic E-state index is 14.0. The number of nitrogens with zero attached hydrogens (tertiary/aromatic N) is 1. The van der Waals surface area contributed by atoms with Crippen LogP contribution in [0.15, 0.2) is 29.8 Å². The molecule has 1 unspecified atom stereocenters. The van der Waals surface area contributed by atoms with Crippen molar-refractivity contribution in [3.05, 3.63) is 41.2 Å². The third kappa shape index (κ3) is 4.09. The normalized spacial score (nSPS) is 19.2. The van der Waals surface area contributed by atoms with Crippen LogP contribution in [0.3, 0.4) is 0 Å². The van der Waals surface area contributed by atoms with Gasteiger partial charge in [-0.3, -0.25) is 4.79 Å². The lowest BCUT2D eigenvalue weighted by Gasteiger charge is -2.35. The van der Waals surface area contributed by atoms with E-state index in [-0.39, 0.29) is 17.8 Å². The van der Waals surface area contributed by atoms with Crippen molar-refractivity contribution >= 4 is 11.6 Å². The first kappa shape index (κ1) is 16.5. The molecule has 1 amide bonds. The average Bonchev–Trinajstić information content (AvgIpc) is 2.50. The molecule has 1 heterocycles. The number of nitrogens with one attached hydrogen (secondary N) is 1. The zero-order chi connectivity index (χ0) is 16.1. The highest BCUT2D eigenvalue weighted by molar-refractivity contribution is 5.93. The van der Waals surface area contributed by atoms with Gasteiger partial charge in [-0.2, -0.15) is 0 Å². The van der Waals surface area contributed by atoms with Crippen molar-refractivity contribution in [1.29, 1.82) is 0 Å². The summed E-state index contributed by atoms with van der Waals surface area (Å²) in [6.07, 6.45) is 4.67. The number of hydrogen-bond donors (Lipinski definition) is 1. The largest absolute Gasteiger partial charge is 0.367 e. The predicted molar refractivity (Wildman–Crippen MR) is 88.6 cm³/mol. The number of piperidine rings is 1.